The van der Waals surface area contributed by atoms with E-state index in [2.05, 4.69) is 4.98 Å². The first-order valence-corrected chi connectivity index (χ1v) is 5.24. The summed E-state index contributed by atoms with van der Waals surface area (Å²) in [4.78, 5) is 14.5. The number of carbonyl (C=O) groups excluding carboxylic acids is 1. The minimum Gasteiger partial charge on any atom is -0.462 e. The van der Waals surface area contributed by atoms with E-state index in [-0.39, 0.29) is 0 Å². The number of rotatable bonds is 2. The van der Waals surface area contributed by atoms with Gasteiger partial charge in [0.15, 0.2) is 0 Å². The molecular weight excluding hydrogens is 224 g/mol. The van der Waals surface area contributed by atoms with Gasteiger partial charge in [0.25, 0.3) is 0 Å². The highest BCUT2D eigenvalue weighted by Crippen LogP contribution is 2.17. The van der Waals surface area contributed by atoms with Crippen LogP contribution < -0.4 is 0 Å². The molecule has 1 N–H and O–H groups in total. The molecule has 1 aromatic heterocycles. The largest absolute Gasteiger partial charge is 0.462 e. The molecule has 0 aliphatic carbocycles. The molecule has 0 fully saturated rings. The first kappa shape index (κ1) is 12.4. The first-order valence-electron chi connectivity index (χ1n) is 4.83. The second-order valence-corrected chi connectivity index (χ2v) is 3.69. The molecule has 0 radical (unpaired) electrons. The zero-order chi connectivity index (χ0) is 12.3. The van der Waals surface area contributed by atoms with E-state index >= 15 is 0 Å². The van der Waals surface area contributed by atoms with Gasteiger partial charge in [0.2, 0.25) is 0 Å². The van der Waals surface area contributed by atoms with Crippen LogP contribution in [0.5, 0.6) is 0 Å². The second-order valence-electron chi connectivity index (χ2n) is 3.29. The van der Waals surface area contributed by atoms with E-state index in [1.54, 1.807) is 20.8 Å². The topological polar surface area (TPSA) is 65.9 Å². The Morgan fingerprint density at radius 1 is 1.56 bits per heavy atom. The number of H-pyrrole nitrogens is 1. The van der Waals surface area contributed by atoms with E-state index in [1.165, 1.54) is 0 Å². The van der Waals surface area contributed by atoms with Crippen molar-refractivity contribution in [1.82, 2.24) is 4.98 Å². The average Bonchev–Trinajstić information content (AvgIpc) is 2.17. The van der Waals surface area contributed by atoms with Gasteiger partial charge in [-0.3, -0.25) is 0 Å². The number of aromatic amines is 1. The Bertz CT molecular complexity index is 526. The molecule has 0 saturated carbocycles. The van der Waals surface area contributed by atoms with Crippen molar-refractivity contribution < 1.29 is 9.53 Å². The van der Waals surface area contributed by atoms with Gasteiger partial charge in [-0.25, -0.2) is 4.79 Å². The van der Waals surface area contributed by atoms with Crippen LogP contribution in [0.15, 0.2) is 0 Å². The smallest absolute Gasteiger partial charge is 0.340 e. The maximum absolute atomic E-state index is 11.7. The molecule has 16 heavy (non-hydrogen) atoms. The van der Waals surface area contributed by atoms with Crippen LogP contribution in [-0.2, 0) is 4.74 Å². The number of nitriles is 1. The van der Waals surface area contributed by atoms with E-state index in [1.807, 2.05) is 6.07 Å². The predicted octanol–water partition coefficient (Wildman–Crippen LogP) is 2.41. The van der Waals surface area contributed by atoms with Gasteiger partial charge in [-0.15, -0.1) is 0 Å². The van der Waals surface area contributed by atoms with Gasteiger partial charge >= 0.3 is 5.97 Å². The molecule has 5 heteroatoms. The molecule has 4 nitrogen and oxygen atoms in total. The number of ether oxygens (including phenoxy) is 1. The molecule has 0 bridgehead atoms. The third kappa shape index (κ3) is 2.12. The van der Waals surface area contributed by atoms with Gasteiger partial charge in [-0.05, 0) is 26.3 Å². The second kappa shape index (κ2) is 4.90. The zero-order valence-corrected chi connectivity index (χ0v) is 10.2. The van der Waals surface area contributed by atoms with Crippen LogP contribution in [0, 0.1) is 29.8 Å². The minimum absolute atomic E-state index is 0.301. The third-order valence-corrected chi connectivity index (χ3v) is 2.55. The maximum atomic E-state index is 11.7. The highest BCUT2D eigenvalue weighted by molar-refractivity contribution is 7.71. The zero-order valence-electron chi connectivity index (χ0n) is 9.38. The van der Waals surface area contributed by atoms with Crippen LogP contribution in [0.3, 0.4) is 0 Å². The fourth-order valence-electron chi connectivity index (χ4n) is 1.52. The lowest BCUT2D eigenvalue weighted by Gasteiger charge is -2.10. The summed E-state index contributed by atoms with van der Waals surface area (Å²) < 4.78 is 5.28. The van der Waals surface area contributed by atoms with Crippen molar-refractivity contribution in [2.45, 2.75) is 20.8 Å². The van der Waals surface area contributed by atoms with E-state index in [0.29, 0.717) is 33.6 Å². The molecule has 0 spiro atoms. The SMILES string of the molecule is CCOC(=O)c1c(C)[nH]c(=S)c(C#N)c1C. The highest BCUT2D eigenvalue weighted by atomic mass is 32.1. The molecule has 1 heterocycles. The van der Waals surface area contributed by atoms with Crippen LogP contribution in [0.2, 0.25) is 0 Å². The number of hydrogen-bond acceptors (Lipinski definition) is 4. The molecule has 1 rings (SSSR count). The van der Waals surface area contributed by atoms with Crippen molar-refractivity contribution >= 4 is 18.2 Å². The molecule has 1 aromatic rings. The Hall–Kier alpha value is -1.67. The fourth-order valence-corrected chi connectivity index (χ4v) is 1.87. The van der Waals surface area contributed by atoms with Crippen LogP contribution >= 0.6 is 12.2 Å². The molecule has 0 aromatic carbocycles. The number of pyridine rings is 1. The Morgan fingerprint density at radius 3 is 2.69 bits per heavy atom. The lowest BCUT2D eigenvalue weighted by molar-refractivity contribution is 0.0524. The van der Waals surface area contributed by atoms with Gasteiger partial charge in [0, 0.05) is 5.69 Å². The molecule has 0 aliphatic heterocycles. The summed E-state index contributed by atoms with van der Waals surface area (Å²) in [6.07, 6.45) is 0. The summed E-state index contributed by atoms with van der Waals surface area (Å²) in [5.41, 5.74) is 1.91. The lowest BCUT2D eigenvalue weighted by Crippen LogP contribution is -2.11. The average molecular weight is 236 g/mol. The molecule has 0 aliphatic rings. The first-order chi connectivity index (χ1) is 7.52. The van der Waals surface area contributed by atoms with Crippen LogP contribution in [0.1, 0.15) is 34.1 Å². The Morgan fingerprint density at radius 2 is 2.19 bits per heavy atom. The molecule has 0 unspecified atom stereocenters. The highest BCUT2D eigenvalue weighted by Gasteiger charge is 2.17. The molecular formula is C11H12N2O2S. The van der Waals surface area contributed by atoms with Crippen LogP contribution in [0.4, 0.5) is 0 Å². The number of aromatic nitrogens is 1. The monoisotopic (exact) mass is 236 g/mol. The summed E-state index contributed by atoms with van der Waals surface area (Å²) in [7, 11) is 0. The van der Waals surface area contributed by atoms with Crippen LogP contribution in [-0.4, -0.2) is 17.6 Å². The Balaban J connectivity index is 3.47. The summed E-state index contributed by atoms with van der Waals surface area (Å²) >= 11 is 5.01. The molecule has 0 atom stereocenters. The van der Waals surface area contributed by atoms with Gasteiger partial charge in [-0.1, -0.05) is 12.2 Å². The quantitative estimate of drug-likeness (QED) is 0.632. The van der Waals surface area contributed by atoms with Crippen molar-refractivity contribution in [3.63, 3.8) is 0 Å². The Kier molecular flexibility index (Phi) is 3.80. The molecule has 0 saturated heterocycles. The molecule has 84 valence electrons. The summed E-state index contributed by atoms with van der Waals surface area (Å²) in [6, 6.07) is 1.98. The van der Waals surface area contributed by atoms with Crippen molar-refractivity contribution in [2.75, 3.05) is 6.61 Å². The normalized spacial score (nSPS) is 9.62. The number of carbonyl (C=O) groups is 1. The van der Waals surface area contributed by atoms with Gasteiger partial charge in [0.05, 0.1) is 17.7 Å². The maximum Gasteiger partial charge on any atom is 0.340 e. The lowest BCUT2D eigenvalue weighted by atomic mass is 10.0. The molecule has 0 amide bonds. The van der Waals surface area contributed by atoms with E-state index < -0.39 is 5.97 Å². The standard InChI is InChI=1S/C11H12N2O2S/c1-4-15-11(14)9-6(2)8(5-12)10(16)13-7(9)3/h4H2,1-3H3,(H,13,16). The Labute approximate surface area is 98.9 Å². The summed E-state index contributed by atoms with van der Waals surface area (Å²) in [6.45, 7) is 5.46. The van der Waals surface area contributed by atoms with Crippen molar-refractivity contribution in [3.05, 3.63) is 27.0 Å². The number of nitrogens with zero attached hydrogens (tertiary/aromatic N) is 1. The predicted molar refractivity (Wildman–Crippen MR) is 61.8 cm³/mol. The summed E-state index contributed by atoms with van der Waals surface area (Å²) in [5, 5.41) is 8.94. The van der Waals surface area contributed by atoms with Crippen LogP contribution in [0.25, 0.3) is 0 Å². The van der Waals surface area contributed by atoms with Gasteiger partial charge in [0.1, 0.15) is 10.7 Å². The van der Waals surface area contributed by atoms with Gasteiger partial charge < -0.3 is 9.72 Å². The minimum atomic E-state index is -0.430. The fraction of sp³-hybridized carbons (Fsp3) is 0.364. The van der Waals surface area contributed by atoms with E-state index in [0.717, 1.165) is 0 Å². The van der Waals surface area contributed by atoms with Crippen molar-refractivity contribution in [2.24, 2.45) is 0 Å². The van der Waals surface area contributed by atoms with Gasteiger partial charge in [-0.2, -0.15) is 5.26 Å². The van der Waals surface area contributed by atoms with Crippen molar-refractivity contribution in [3.8, 4) is 6.07 Å². The number of hydrogen-bond donors (Lipinski definition) is 1. The van der Waals surface area contributed by atoms with E-state index in [4.69, 9.17) is 22.2 Å². The number of esters is 1. The summed E-state index contributed by atoms with van der Waals surface area (Å²) in [5.74, 6) is -0.430. The number of nitrogens with one attached hydrogen (secondary N) is 1. The number of aryl methyl sites for hydroxylation is 1. The van der Waals surface area contributed by atoms with E-state index in [9.17, 15) is 4.79 Å². The third-order valence-electron chi connectivity index (χ3n) is 2.24. The van der Waals surface area contributed by atoms with Crippen molar-refractivity contribution in [1.29, 1.82) is 5.26 Å².